The molecule has 0 aliphatic heterocycles. The SMILES string of the molecule is CC(C)Oc1cc(NC(=O)NC(=O)c2c(F)cccc2F)c(F)cc1Cl. The Kier molecular flexibility index (Phi) is 6.10. The van der Waals surface area contributed by atoms with Crippen molar-refractivity contribution in [2.75, 3.05) is 5.32 Å². The summed E-state index contributed by atoms with van der Waals surface area (Å²) in [6.07, 6.45) is -0.259. The molecule has 3 amide bonds. The number of urea groups is 1. The van der Waals surface area contributed by atoms with Gasteiger partial charge in [0.05, 0.1) is 16.8 Å². The molecule has 2 aromatic carbocycles. The van der Waals surface area contributed by atoms with Gasteiger partial charge in [0.25, 0.3) is 5.91 Å². The Morgan fingerprint density at radius 3 is 2.27 bits per heavy atom. The van der Waals surface area contributed by atoms with Crippen molar-refractivity contribution in [1.82, 2.24) is 5.32 Å². The second kappa shape index (κ2) is 8.09. The minimum atomic E-state index is -1.31. The highest BCUT2D eigenvalue weighted by Crippen LogP contribution is 2.31. The number of ether oxygens (including phenoxy) is 1. The molecule has 0 spiro atoms. The molecule has 26 heavy (non-hydrogen) atoms. The van der Waals surface area contributed by atoms with Crippen LogP contribution in [-0.4, -0.2) is 18.0 Å². The zero-order chi connectivity index (χ0) is 19.4. The second-order valence-corrected chi connectivity index (χ2v) is 5.84. The molecule has 0 radical (unpaired) electrons. The van der Waals surface area contributed by atoms with Crippen LogP contribution < -0.4 is 15.4 Å². The fourth-order valence-electron chi connectivity index (χ4n) is 2.00. The predicted molar refractivity (Wildman–Crippen MR) is 90.0 cm³/mol. The molecule has 2 rings (SSSR count). The Labute approximate surface area is 152 Å². The number of rotatable bonds is 4. The van der Waals surface area contributed by atoms with Crippen LogP contribution in [0.2, 0.25) is 5.02 Å². The van der Waals surface area contributed by atoms with Crippen molar-refractivity contribution in [3.8, 4) is 5.75 Å². The van der Waals surface area contributed by atoms with Crippen molar-refractivity contribution in [3.05, 3.63) is 58.4 Å². The number of hydrogen-bond donors (Lipinski definition) is 2. The lowest BCUT2D eigenvalue weighted by Crippen LogP contribution is -2.35. The van der Waals surface area contributed by atoms with Crippen LogP contribution in [0.5, 0.6) is 5.75 Å². The second-order valence-electron chi connectivity index (χ2n) is 5.43. The number of anilines is 1. The van der Waals surface area contributed by atoms with E-state index < -0.39 is 35.0 Å². The highest BCUT2D eigenvalue weighted by molar-refractivity contribution is 6.32. The van der Waals surface area contributed by atoms with Gasteiger partial charge >= 0.3 is 6.03 Å². The summed E-state index contributed by atoms with van der Waals surface area (Å²) in [7, 11) is 0. The summed E-state index contributed by atoms with van der Waals surface area (Å²) < 4.78 is 46.4. The maximum atomic E-state index is 13.9. The average molecular weight is 387 g/mol. The van der Waals surface area contributed by atoms with E-state index in [0.29, 0.717) is 0 Å². The van der Waals surface area contributed by atoms with Crippen LogP contribution in [0.1, 0.15) is 24.2 Å². The number of hydrogen-bond acceptors (Lipinski definition) is 3. The number of benzene rings is 2. The number of carbonyl (C=O) groups is 2. The van der Waals surface area contributed by atoms with Gasteiger partial charge in [0.1, 0.15) is 28.8 Å². The highest BCUT2D eigenvalue weighted by Gasteiger charge is 2.20. The fourth-order valence-corrected chi connectivity index (χ4v) is 2.20. The number of carbonyl (C=O) groups excluding carboxylic acids is 2. The molecule has 5 nitrogen and oxygen atoms in total. The van der Waals surface area contributed by atoms with E-state index in [1.165, 1.54) is 0 Å². The van der Waals surface area contributed by atoms with Crippen molar-refractivity contribution in [2.24, 2.45) is 0 Å². The first kappa shape index (κ1) is 19.6. The lowest BCUT2D eigenvalue weighted by molar-refractivity contribution is 0.0959. The van der Waals surface area contributed by atoms with Crippen molar-refractivity contribution < 1.29 is 27.5 Å². The van der Waals surface area contributed by atoms with E-state index in [-0.39, 0.29) is 22.6 Å². The van der Waals surface area contributed by atoms with Gasteiger partial charge in [0.2, 0.25) is 0 Å². The van der Waals surface area contributed by atoms with Gasteiger partial charge in [0.15, 0.2) is 0 Å². The molecule has 0 fully saturated rings. The Hall–Kier alpha value is -2.74. The zero-order valence-corrected chi connectivity index (χ0v) is 14.5. The molecule has 0 atom stereocenters. The van der Waals surface area contributed by atoms with Crippen LogP contribution >= 0.6 is 11.6 Å². The third-order valence-corrected chi connectivity index (χ3v) is 3.34. The van der Waals surface area contributed by atoms with Crippen LogP contribution in [0, 0.1) is 17.5 Å². The molecule has 0 saturated carbocycles. The van der Waals surface area contributed by atoms with Crippen LogP contribution in [0.4, 0.5) is 23.7 Å². The largest absolute Gasteiger partial charge is 0.489 e. The molecule has 0 aromatic heterocycles. The van der Waals surface area contributed by atoms with Gasteiger partial charge in [-0.3, -0.25) is 10.1 Å². The first-order valence-electron chi connectivity index (χ1n) is 7.41. The highest BCUT2D eigenvalue weighted by atomic mass is 35.5. The van der Waals surface area contributed by atoms with E-state index in [9.17, 15) is 22.8 Å². The molecule has 9 heteroatoms. The first-order chi connectivity index (χ1) is 12.2. The molecule has 2 N–H and O–H groups in total. The monoisotopic (exact) mass is 386 g/mol. The molecule has 2 aromatic rings. The molecule has 0 heterocycles. The summed E-state index contributed by atoms with van der Waals surface area (Å²) in [4.78, 5) is 23.7. The number of halogens is 4. The summed E-state index contributed by atoms with van der Waals surface area (Å²) in [5.74, 6) is -4.36. The van der Waals surface area contributed by atoms with Crippen LogP contribution in [0.3, 0.4) is 0 Å². The molecular weight excluding hydrogens is 373 g/mol. The van der Waals surface area contributed by atoms with E-state index in [0.717, 1.165) is 30.3 Å². The van der Waals surface area contributed by atoms with E-state index in [4.69, 9.17) is 16.3 Å². The van der Waals surface area contributed by atoms with Gasteiger partial charge in [-0.25, -0.2) is 18.0 Å². The van der Waals surface area contributed by atoms with Crippen LogP contribution in [-0.2, 0) is 0 Å². The van der Waals surface area contributed by atoms with Crippen molar-refractivity contribution in [2.45, 2.75) is 20.0 Å². The lowest BCUT2D eigenvalue weighted by atomic mass is 10.2. The fraction of sp³-hybridized carbons (Fsp3) is 0.176. The van der Waals surface area contributed by atoms with E-state index in [1.54, 1.807) is 19.2 Å². The molecular formula is C17H14ClF3N2O3. The van der Waals surface area contributed by atoms with Crippen LogP contribution in [0.15, 0.2) is 30.3 Å². The average Bonchev–Trinajstić information content (AvgIpc) is 2.51. The van der Waals surface area contributed by atoms with E-state index in [1.807, 2.05) is 0 Å². The zero-order valence-electron chi connectivity index (χ0n) is 13.7. The van der Waals surface area contributed by atoms with Crippen molar-refractivity contribution in [3.63, 3.8) is 0 Å². The predicted octanol–water partition coefficient (Wildman–Crippen LogP) is 4.51. The Morgan fingerprint density at radius 1 is 1.08 bits per heavy atom. The molecule has 0 unspecified atom stereocenters. The maximum absolute atomic E-state index is 13.9. The number of nitrogens with one attached hydrogen (secondary N) is 2. The van der Waals surface area contributed by atoms with Gasteiger partial charge < -0.3 is 10.1 Å². The Bertz CT molecular complexity index is 839. The van der Waals surface area contributed by atoms with Gasteiger partial charge in [-0.1, -0.05) is 17.7 Å². The third kappa shape index (κ3) is 4.66. The molecule has 0 aliphatic carbocycles. The van der Waals surface area contributed by atoms with Gasteiger partial charge in [-0.05, 0) is 32.0 Å². The summed E-state index contributed by atoms with van der Waals surface area (Å²) in [6.45, 7) is 3.45. The number of imide groups is 1. The topological polar surface area (TPSA) is 67.4 Å². The van der Waals surface area contributed by atoms with Crippen molar-refractivity contribution >= 4 is 29.2 Å². The summed E-state index contributed by atoms with van der Waals surface area (Å²) in [5, 5.41) is 3.77. The van der Waals surface area contributed by atoms with Gasteiger partial charge in [0, 0.05) is 6.07 Å². The third-order valence-electron chi connectivity index (χ3n) is 3.05. The van der Waals surface area contributed by atoms with Crippen LogP contribution in [0.25, 0.3) is 0 Å². The molecule has 0 saturated heterocycles. The minimum absolute atomic E-state index is 0.00772. The summed E-state index contributed by atoms with van der Waals surface area (Å²) in [6, 6.07) is 3.67. The minimum Gasteiger partial charge on any atom is -0.489 e. The van der Waals surface area contributed by atoms with Gasteiger partial charge in [-0.2, -0.15) is 0 Å². The van der Waals surface area contributed by atoms with Gasteiger partial charge in [-0.15, -0.1) is 0 Å². The summed E-state index contributed by atoms with van der Waals surface area (Å²) in [5.41, 5.74) is -1.26. The van der Waals surface area contributed by atoms with Crippen molar-refractivity contribution in [1.29, 1.82) is 0 Å². The lowest BCUT2D eigenvalue weighted by Gasteiger charge is -2.14. The first-order valence-corrected chi connectivity index (χ1v) is 7.79. The Balaban J connectivity index is 2.16. The normalized spacial score (nSPS) is 10.6. The Morgan fingerprint density at radius 2 is 1.69 bits per heavy atom. The maximum Gasteiger partial charge on any atom is 0.326 e. The molecule has 0 aliphatic rings. The van der Waals surface area contributed by atoms with E-state index >= 15 is 0 Å². The molecule has 138 valence electrons. The smallest absolute Gasteiger partial charge is 0.326 e. The quantitative estimate of drug-likeness (QED) is 0.812. The standard InChI is InChI=1S/C17H14ClF3N2O3/c1-8(2)26-14-7-13(12(21)6-9(14)18)22-17(25)23-16(24)15-10(19)4-3-5-11(15)20/h3-8H,1-2H3,(H2,22,23,24,25). The molecule has 0 bridgehead atoms. The van der Waals surface area contributed by atoms with E-state index in [2.05, 4.69) is 5.32 Å². The number of amides is 3. The summed E-state index contributed by atoms with van der Waals surface area (Å²) >= 11 is 5.85.